The van der Waals surface area contributed by atoms with Crippen LogP contribution in [0, 0.1) is 0 Å². The summed E-state index contributed by atoms with van der Waals surface area (Å²) in [7, 11) is 0. The molecule has 1 aliphatic heterocycles. The molecule has 6 nitrogen and oxygen atoms in total. The lowest BCUT2D eigenvalue weighted by atomic mass is 10.0. The Hall–Kier alpha value is -2.80. The lowest BCUT2D eigenvalue weighted by Crippen LogP contribution is -2.22. The van der Waals surface area contributed by atoms with Gasteiger partial charge in [0.2, 0.25) is 11.9 Å². The molecule has 0 radical (unpaired) electrons. The summed E-state index contributed by atoms with van der Waals surface area (Å²) < 4.78 is 2.26. The molecule has 1 N–H and O–H groups in total. The largest absolute Gasteiger partial charge is 0.341 e. The van der Waals surface area contributed by atoms with Gasteiger partial charge in [0.05, 0.1) is 5.75 Å². The van der Waals surface area contributed by atoms with E-state index in [0.29, 0.717) is 11.8 Å². The fraction of sp³-hybridized carbons (Fsp3) is 0.375. The first-order valence-corrected chi connectivity index (χ1v) is 12.0. The molecule has 160 valence electrons. The Morgan fingerprint density at radius 1 is 1.00 bits per heavy atom. The van der Waals surface area contributed by atoms with Gasteiger partial charge in [-0.1, -0.05) is 60.3 Å². The molecule has 3 aromatic rings. The number of rotatable bonds is 8. The molecule has 2 aliphatic rings. The summed E-state index contributed by atoms with van der Waals surface area (Å²) in [4.78, 5) is 15.1. The summed E-state index contributed by atoms with van der Waals surface area (Å²) in [6, 6.07) is 18.8. The van der Waals surface area contributed by atoms with Crippen molar-refractivity contribution in [2.75, 3.05) is 29.1 Å². The molecule has 0 bridgehead atoms. The van der Waals surface area contributed by atoms with Crippen LogP contribution in [-0.4, -0.2) is 39.5 Å². The Bertz CT molecular complexity index is 1040. The Labute approximate surface area is 187 Å². The number of carbonyl (C=O) groups is 1. The van der Waals surface area contributed by atoms with E-state index in [0.717, 1.165) is 41.9 Å². The van der Waals surface area contributed by atoms with Crippen LogP contribution in [-0.2, 0) is 11.2 Å². The average molecular weight is 434 g/mol. The number of para-hydroxylation sites is 1. The Morgan fingerprint density at radius 3 is 2.52 bits per heavy atom. The van der Waals surface area contributed by atoms with Crippen LogP contribution in [0.4, 0.5) is 11.6 Å². The maximum atomic E-state index is 12.8. The number of amides is 1. The van der Waals surface area contributed by atoms with E-state index in [1.165, 1.54) is 43.0 Å². The molecule has 1 amide bonds. The van der Waals surface area contributed by atoms with Crippen molar-refractivity contribution in [3.05, 3.63) is 65.7 Å². The van der Waals surface area contributed by atoms with E-state index in [1.807, 2.05) is 36.4 Å². The SMILES string of the molecule is O=C(CSc1nnc(N2CCCC2)n1C1CC1)Nc1ccccc1Cc1ccccc1. The predicted molar refractivity (Wildman–Crippen MR) is 125 cm³/mol. The van der Waals surface area contributed by atoms with Crippen molar-refractivity contribution in [1.82, 2.24) is 14.8 Å². The summed E-state index contributed by atoms with van der Waals surface area (Å²) in [5.74, 6) is 1.29. The highest BCUT2D eigenvalue weighted by Crippen LogP contribution is 2.41. The lowest BCUT2D eigenvalue weighted by Gasteiger charge is -2.18. The second kappa shape index (κ2) is 9.14. The zero-order valence-electron chi connectivity index (χ0n) is 17.5. The molecule has 2 aromatic carbocycles. The number of nitrogens with one attached hydrogen (secondary N) is 1. The van der Waals surface area contributed by atoms with Crippen molar-refractivity contribution in [3.63, 3.8) is 0 Å². The maximum Gasteiger partial charge on any atom is 0.234 e. The van der Waals surface area contributed by atoms with Gasteiger partial charge in [0, 0.05) is 24.8 Å². The highest BCUT2D eigenvalue weighted by atomic mass is 32.2. The van der Waals surface area contributed by atoms with Crippen LogP contribution < -0.4 is 10.2 Å². The first-order valence-electron chi connectivity index (χ1n) is 11.0. The second-order valence-electron chi connectivity index (χ2n) is 8.23. The number of nitrogens with zero attached hydrogens (tertiary/aromatic N) is 4. The molecule has 1 saturated heterocycles. The number of hydrogen-bond acceptors (Lipinski definition) is 5. The number of anilines is 2. The van der Waals surface area contributed by atoms with Crippen LogP contribution in [0.15, 0.2) is 59.8 Å². The van der Waals surface area contributed by atoms with E-state index >= 15 is 0 Å². The molecule has 0 spiro atoms. The Kier molecular flexibility index (Phi) is 5.93. The molecule has 2 fully saturated rings. The van der Waals surface area contributed by atoms with Crippen molar-refractivity contribution >= 4 is 29.3 Å². The summed E-state index contributed by atoms with van der Waals surface area (Å²) in [6.07, 6.45) is 5.56. The van der Waals surface area contributed by atoms with Gasteiger partial charge >= 0.3 is 0 Å². The van der Waals surface area contributed by atoms with E-state index in [9.17, 15) is 4.79 Å². The van der Waals surface area contributed by atoms with Gasteiger partial charge in [-0.15, -0.1) is 10.2 Å². The predicted octanol–water partition coefficient (Wildman–Crippen LogP) is 4.53. The van der Waals surface area contributed by atoms with Gasteiger partial charge in [-0.2, -0.15) is 0 Å². The van der Waals surface area contributed by atoms with Gasteiger partial charge in [-0.05, 0) is 49.3 Å². The standard InChI is InChI=1S/C24H27N5OS/c30-22(25-21-11-5-4-10-19(21)16-18-8-2-1-3-9-18)17-31-24-27-26-23(28-14-6-7-15-28)29(24)20-12-13-20/h1-5,8-11,20H,6-7,12-17H2,(H,25,30). The topological polar surface area (TPSA) is 63.1 Å². The van der Waals surface area contributed by atoms with Gasteiger partial charge < -0.3 is 10.2 Å². The normalized spacial score (nSPS) is 15.9. The Morgan fingerprint density at radius 2 is 1.74 bits per heavy atom. The summed E-state index contributed by atoms with van der Waals surface area (Å²) >= 11 is 1.48. The van der Waals surface area contributed by atoms with Crippen LogP contribution >= 0.6 is 11.8 Å². The molecule has 31 heavy (non-hydrogen) atoms. The van der Waals surface area contributed by atoms with Gasteiger partial charge in [0.15, 0.2) is 5.16 Å². The van der Waals surface area contributed by atoms with Crippen LogP contribution in [0.2, 0.25) is 0 Å². The van der Waals surface area contributed by atoms with Crippen molar-refractivity contribution in [3.8, 4) is 0 Å². The maximum absolute atomic E-state index is 12.8. The minimum atomic E-state index is -0.0152. The smallest absolute Gasteiger partial charge is 0.234 e. The van der Waals surface area contributed by atoms with Crippen molar-refractivity contribution in [2.45, 2.75) is 43.3 Å². The quantitative estimate of drug-likeness (QED) is 0.529. The molecule has 0 unspecified atom stereocenters. The molecule has 2 heterocycles. The van der Waals surface area contributed by atoms with Gasteiger partial charge in [-0.3, -0.25) is 9.36 Å². The molecule has 1 aromatic heterocycles. The summed E-state index contributed by atoms with van der Waals surface area (Å²) in [5.41, 5.74) is 3.22. The minimum absolute atomic E-state index is 0.0152. The fourth-order valence-electron chi connectivity index (χ4n) is 4.08. The third-order valence-corrected chi connectivity index (χ3v) is 6.75. The van der Waals surface area contributed by atoms with Crippen molar-refractivity contribution in [1.29, 1.82) is 0 Å². The molecule has 5 rings (SSSR count). The second-order valence-corrected chi connectivity index (χ2v) is 9.18. The highest BCUT2D eigenvalue weighted by molar-refractivity contribution is 7.99. The number of thioether (sulfide) groups is 1. The third kappa shape index (κ3) is 4.77. The molecule has 1 saturated carbocycles. The highest BCUT2D eigenvalue weighted by Gasteiger charge is 2.32. The first kappa shape index (κ1) is 20.1. The van der Waals surface area contributed by atoms with E-state index in [1.54, 1.807) is 0 Å². The number of hydrogen-bond donors (Lipinski definition) is 1. The summed E-state index contributed by atoms with van der Waals surface area (Å²) in [5, 5.41) is 12.9. The van der Waals surface area contributed by atoms with Gasteiger partial charge in [0.1, 0.15) is 0 Å². The van der Waals surface area contributed by atoms with E-state index in [-0.39, 0.29) is 5.91 Å². The fourth-order valence-corrected chi connectivity index (χ4v) is 4.88. The Balaban J connectivity index is 1.24. The zero-order chi connectivity index (χ0) is 21.0. The van der Waals surface area contributed by atoms with Gasteiger partial charge in [0.25, 0.3) is 0 Å². The molecular formula is C24H27N5OS. The zero-order valence-corrected chi connectivity index (χ0v) is 18.4. The monoisotopic (exact) mass is 433 g/mol. The van der Waals surface area contributed by atoms with Crippen molar-refractivity contribution in [2.24, 2.45) is 0 Å². The van der Waals surface area contributed by atoms with Crippen LogP contribution in [0.3, 0.4) is 0 Å². The van der Waals surface area contributed by atoms with Crippen LogP contribution in [0.1, 0.15) is 42.9 Å². The van der Waals surface area contributed by atoms with E-state index in [2.05, 4.69) is 43.2 Å². The molecule has 7 heteroatoms. The lowest BCUT2D eigenvalue weighted by molar-refractivity contribution is -0.113. The number of aromatic nitrogens is 3. The molecule has 0 atom stereocenters. The number of benzene rings is 2. The van der Waals surface area contributed by atoms with E-state index < -0.39 is 0 Å². The summed E-state index contributed by atoms with van der Waals surface area (Å²) in [6.45, 7) is 2.10. The number of carbonyl (C=O) groups excluding carboxylic acids is 1. The van der Waals surface area contributed by atoms with Gasteiger partial charge in [-0.25, -0.2) is 0 Å². The average Bonchev–Trinajstić information content (AvgIpc) is 3.31. The molecule has 1 aliphatic carbocycles. The van der Waals surface area contributed by atoms with Crippen molar-refractivity contribution < 1.29 is 4.79 Å². The van der Waals surface area contributed by atoms with E-state index in [4.69, 9.17) is 0 Å². The van der Waals surface area contributed by atoms with Crippen LogP contribution in [0.25, 0.3) is 0 Å². The third-order valence-electron chi connectivity index (χ3n) is 5.81. The minimum Gasteiger partial charge on any atom is -0.341 e. The van der Waals surface area contributed by atoms with Crippen LogP contribution in [0.5, 0.6) is 0 Å². The molecular weight excluding hydrogens is 406 g/mol. The first-order chi connectivity index (χ1) is 15.3.